The van der Waals surface area contributed by atoms with Crippen molar-refractivity contribution in [2.75, 3.05) is 13.2 Å². The lowest BCUT2D eigenvalue weighted by molar-refractivity contribution is 0.108. The summed E-state index contributed by atoms with van der Waals surface area (Å²) in [6.45, 7) is 3.89. The van der Waals surface area contributed by atoms with Gasteiger partial charge in [-0.1, -0.05) is 6.07 Å². The summed E-state index contributed by atoms with van der Waals surface area (Å²) >= 11 is 0. The zero-order valence-electron chi connectivity index (χ0n) is 11.0. The van der Waals surface area contributed by atoms with Crippen molar-refractivity contribution in [3.63, 3.8) is 0 Å². The van der Waals surface area contributed by atoms with E-state index in [1.807, 2.05) is 18.2 Å². The first-order valence-electron chi connectivity index (χ1n) is 6.79. The molecule has 0 bridgehead atoms. The molecule has 2 unspecified atom stereocenters. The molecule has 1 aromatic heterocycles. The molecule has 0 radical (unpaired) electrons. The number of aromatic nitrogens is 2. The summed E-state index contributed by atoms with van der Waals surface area (Å²) in [6, 6.07) is 6.24. The topological polar surface area (TPSA) is 69.9 Å². The van der Waals surface area contributed by atoms with Crippen LogP contribution in [0.4, 0.5) is 0 Å². The Hall–Kier alpha value is -1.59. The Morgan fingerprint density at radius 1 is 1.42 bits per heavy atom. The van der Waals surface area contributed by atoms with Gasteiger partial charge in [0, 0.05) is 19.2 Å². The molecule has 0 saturated carbocycles. The number of hydrogen-bond acceptors (Lipinski definition) is 3. The first-order valence-corrected chi connectivity index (χ1v) is 6.79. The van der Waals surface area contributed by atoms with Crippen molar-refractivity contribution in [1.82, 2.24) is 15.3 Å². The van der Waals surface area contributed by atoms with E-state index in [0.29, 0.717) is 6.10 Å². The van der Waals surface area contributed by atoms with Crippen molar-refractivity contribution in [1.29, 1.82) is 0 Å². The average molecular weight is 261 g/mol. The van der Waals surface area contributed by atoms with Crippen LogP contribution in [0.1, 0.15) is 31.4 Å². The number of hydrogen-bond donors (Lipinski definition) is 3. The average Bonchev–Trinajstić information content (AvgIpc) is 3.02. The predicted octanol–water partition coefficient (Wildman–Crippen LogP) is 1.69. The Morgan fingerprint density at radius 2 is 2.26 bits per heavy atom. The highest BCUT2D eigenvalue weighted by Crippen LogP contribution is 2.18. The van der Waals surface area contributed by atoms with Gasteiger partial charge in [-0.05, 0) is 37.5 Å². The predicted molar refractivity (Wildman–Crippen MR) is 74.3 cm³/mol. The van der Waals surface area contributed by atoms with Crippen molar-refractivity contribution in [2.24, 2.45) is 0 Å². The third kappa shape index (κ3) is 2.72. The largest absolute Gasteiger partial charge is 0.377 e. The van der Waals surface area contributed by atoms with Gasteiger partial charge in [0.15, 0.2) is 0 Å². The lowest BCUT2D eigenvalue weighted by atomic mass is 10.1. The highest BCUT2D eigenvalue weighted by atomic mass is 16.5. The van der Waals surface area contributed by atoms with Gasteiger partial charge in [0.05, 0.1) is 17.1 Å². The van der Waals surface area contributed by atoms with Gasteiger partial charge < -0.3 is 20.0 Å². The lowest BCUT2D eigenvalue weighted by Gasteiger charge is -2.17. The zero-order chi connectivity index (χ0) is 13.2. The molecule has 1 aliphatic heterocycles. The normalized spacial score (nSPS) is 21.0. The number of H-pyrrole nitrogens is 2. The second-order valence-corrected chi connectivity index (χ2v) is 5.15. The molecule has 19 heavy (non-hydrogen) atoms. The lowest BCUT2D eigenvalue weighted by Crippen LogP contribution is -2.28. The molecule has 1 saturated heterocycles. The van der Waals surface area contributed by atoms with Crippen molar-refractivity contribution in [3.8, 4) is 0 Å². The Morgan fingerprint density at radius 3 is 3.05 bits per heavy atom. The molecule has 1 aromatic carbocycles. The fraction of sp³-hybridized carbons (Fsp3) is 0.500. The Kier molecular flexibility index (Phi) is 3.40. The van der Waals surface area contributed by atoms with Crippen molar-refractivity contribution in [3.05, 3.63) is 34.2 Å². The van der Waals surface area contributed by atoms with Crippen LogP contribution in [-0.2, 0) is 4.74 Å². The molecule has 0 aliphatic carbocycles. The van der Waals surface area contributed by atoms with E-state index in [9.17, 15) is 4.79 Å². The van der Waals surface area contributed by atoms with Gasteiger partial charge in [-0.2, -0.15) is 0 Å². The van der Waals surface area contributed by atoms with Crippen LogP contribution in [0, 0.1) is 0 Å². The summed E-state index contributed by atoms with van der Waals surface area (Å²) in [5, 5.41) is 3.49. The molecule has 3 rings (SSSR count). The molecule has 5 nitrogen and oxygen atoms in total. The monoisotopic (exact) mass is 261 g/mol. The minimum atomic E-state index is -0.160. The van der Waals surface area contributed by atoms with Gasteiger partial charge in [-0.15, -0.1) is 0 Å². The minimum absolute atomic E-state index is 0.160. The SMILES string of the molecule is CC(NCC1CCCO1)c1ccc2[nH]c(=O)[nH]c2c1. The maximum absolute atomic E-state index is 11.2. The second-order valence-electron chi connectivity index (χ2n) is 5.15. The summed E-state index contributed by atoms with van der Waals surface area (Å²) in [4.78, 5) is 16.8. The molecule has 3 N–H and O–H groups in total. The molecule has 102 valence electrons. The number of rotatable bonds is 4. The van der Waals surface area contributed by atoms with Crippen LogP contribution in [0.5, 0.6) is 0 Å². The maximum Gasteiger partial charge on any atom is 0.323 e. The minimum Gasteiger partial charge on any atom is -0.377 e. The van der Waals surface area contributed by atoms with Crippen LogP contribution in [0.15, 0.2) is 23.0 Å². The second kappa shape index (κ2) is 5.19. The first-order chi connectivity index (χ1) is 9.22. The molecular weight excluding hydrogens is 242 g/mol. The molecule has 2 heterocycles. The number of imidazole rings is 1. The highest BCUT2D eigenvalue weighted by molar-refractivity contribution is 5.75. The molecule has 5 heteroatoms. The van der Waals surface area contributed by atoms with E-state index in [1.165, 1.54) is 5.56 Å². The Bertz CT molecular complexity index is 610. The molecular formula is C14H19N3O2. The van der Waals surface area contributed by atoms with Gasteiger partial charge in [-0.3, -0.25) is 0 Å². The van der Waals surface area contributed by atoms with Gasteiger partial charge >= 0.3 is 5.69 Å². The van der Waals surface area contributed by atoms with Crippen LogP contribution >= 0.6 is 0 Å². The summed E-state index contributed by atoms with van der Waals surface area (Å²) in [5.74, 6) is 0. The summed E-state index contributed by atoms with van der Waals surface area (Å²) in [6.07, 6.45) is 2.65. The van der Waals surface area contributed by atoms with E-state index in [2.05, 4.69) is 22.2 Å². The molecule has 0 spiro atoms. The molecule has 0 amide bonds. The highest BCUT2D eigenvalue weighted by Gasteiger charge is 2.16. The standard InChI is InChI=1S/C14H19N3O2/c1-9(15-8-11-3-2-6-19-11)10-4-5-12-13(7-10)17-14(18)16-12/h4-5,7,9,11,15H,2-3,6,8H2,1H3,(H2,16,17,18). The number of benzene rings is 1. The van der Waals surface area contributed by atoms with E-state index < -0.39 is 0 Å². The van der Waals surface area contributed by atoms with E-state index in [-0.39, 0.29) is 11.7 Å². The third-order valence-electron chi connectivity index (χ3n) is 3.72. The first kappa shape index (κ1) is 12.4. The van der Waals surface area contributed by atoms with Crippen molar-refractivity contribution >= 4 is 11.0 Å². The summed E-state index contributed by atoms with van der Waals surface area (Å²) in [7, 11) is 0. The van der Waals surface area contributed by atoms with Gasteiger partial charge in [0.1, 0.15) is 0 Å². The van der Waals surface area contributed by atoms with Crippen LogP contribution in [-0.4, -0.2) is 29.2 Å². The molecule has 1 aliphatic rings. The molecule has 1 fully saturated rings. The van der Waals surface area contributed by atoms with E-state index >= 15 is 0 Å². The Labute approximate surface area is 111 Å². The number of fused-ring (bicyclic) bond motifs is 1. The summed E-state index contributed by atoms with van der Waals surface area (Å²) in [5.41, 5.74) is 2.71. The fourth-order valence-corrected chi connectivity index (χ4v) is 2.55. The third-order valence-corrected chi connectivity index (χ3v) is 3.72. The van der Waals surface area contributed by atoms with Crippen molar-refractivity contribution < 1.29 is 4.74 Å². The smallest absolute Gasteiger partial charge is 0.323 e. The van der Waals surface area contributed by atoms with Crippen molar-refractivity contribution in [2.45, 2.75) is 31.9 Å². The zero-order valence-corrected chi connectivity index (χ0v) is 11.0. The van der Waals surface area contributed by atoms with Gasteiger partial charge in [0.25, 0.3) is 0 Å². The van der Waals surface area contributed by atoms with E-state index in [0.717, 1.165) is 37.0 Å². The molecule has 2 atom stereocenters. The quantitative estimate of drug-likeness (QED) is 0.784. The van der Waals surface area contributed by atoms with E-state index in [4.69, 9.17) is 4.74 Å². The maximum atomic E-state index is 11.2. The van der Waals surface area contributed by atoms with E-state index in [1.54, 1.807) is 0 Å². The van der Waals surface area contributed by atoms with Crippen LogP contribution in [0.2, 0.25) is 0 Å². The van der Waals surface area contributed by atoms with Crippen LogP contribution in [0.25, 0.3) is 11.0 Å². The number of aromatic amines is 2. The number of ether oxygens (including phenoxy) is 1. The van der Waals surface area contributed by atoms with Crippen LogP contribution in [0.3, 0.4) is 0 Å². The van der Waals surface area contributed by atoms with Gasteiger partial charge in [-0.25, -0.2) is 4.79 Å². The number of nitrogens with one attached hydrogen (secondary N) is 3. The summed E-state index contributed by atoms with van der Waals surface area (Å²) < 4.78 is 5.60. The van der Waals surface area contributed by atoms with Crippen LogP contribution < -0.4 is 11.0 Å². The van der Waals surface area contributed by atoms with Gasteiger partial charge in [0.2, 0.25) is 0 Å². The molecule has 2 aromatic rings. The fourth-order valence-electron chi connectivity index (χ4n) is 2.55. The Balaban J connectivity index is 1.69.